The van der Waals surface area contributed by atoms with Crippen LogP contribution in [0.5, 0.6) is 5.75 Å². The molecule has 0 atom stereocenters. The van der Waals surface area contributed by atoms with E-state index in [1.807, 2.05) is 30.3 Å². The van der Waals surface area contributed by atoms with Crippen molar-refractivity contribution in [1.29, 1.82) is 0 Å². The zero-order valence-corrected chi connectivity index (χ0v) is 15.1. The molecule has 0 fully saturated rings. The second-order valence-electron chi connectivity index (χ2n) is 5.40. The van der Waals surface area contributed by atoms with Crippen molar-refractivity contribution in [3.8, 4) is 5.75 Å². The van der Waals surface area contributed by atoms with Crippen molar-refractivity contribution >= 4 is 27.3 Å². The van der Waals surface area contributed by atoms with Crippen molar-refractivity contribution in [2.24, 2.45) is 5.10 Å². The van der Waals surface area contributed by atoms with Crippen LogP contribution in [0.2, 0.25) is 5.02 Å². The van der Waals surface area contributed by atoms with Crippen LogP contribution in [0.1, 0.15) is 11.1 Å². The van der Waals surface area contributed by atoms with Crippen molar-refractivity contribution in [2.75, 3.05) is 0 Å². The SMILES string of the molecule is O=S(=O)(N/N=C(\c1ccccc1)c1ccc(O)cc1)c1ccccc1Cl. The van der Waals surface area contributed by atoms with E-state index in [4.69, 9.17) is 11.6 Å². The van der Waals surface area contributed by atoms with Gasteiger partial charge >= 0.3 is 0 Å². The minimum Gasteiger partial charge on any atom is -0.508 e. The normalized spacial score (nSPS) is 12.0. The van der Waals surface area contributed by atoms with E-state index in [0.29, 0.717) is 11.3 Å². The average molecular weight is 387 g/mol. The molecule has 0 unspecified atom stereocenters. The summed E-state index contributed by atoms with van der Waals surface area (Å²) in [5.41, 5.74) is 1.79. The number of aromatic hydroxyl groups is 1. The summed E-state index contributed by atoms with van der Waals surface area (Å²) in [6, 6.07) is 21.6. The van der Waals surface area contributed by atoms with Crippen molar-refractivity contribution in [1.82, 2.24) is 4.83 Å². The molecule has 0 saturated carbocycles. The van der Waals surface area contributed by atoms with Gasteiger partial charge in [-0.3, -0.25) is 0 Å². The minimum atomic E-state index is -3.93. The Labute approximate surface area is 156 Å². The molecule has 2 N–H and O–H groups in total. The van der Waals surface area contributed by atoms with E-state index in [1.54, 1.807) is 24.3 Å². The van der Waals surface area contributed by atoms with E-state index >= 15 is 0 Å². The molecule has 132 valence electrons. The zero-order chi connectivity index (χ0) is 18.6. The summed E-state index contributed by atoms with van der Waals surface area (Å²) in [6.07, 6.45) is 0. The third kappa shape index (κ3) is 4.04. The van der Waals surface area contributed by atoms with Crippen molar-refractivity contribution in [3.63, 3.8) is 0 Å². The standard InChI is InChI=1S/C19H15ClN2O3S/c20-17-8-4-5-9-18(17)26(24,25)22-21-19(14-6-2-1-3-7-14)15-10-12-16(23)13-11-15/h1-13,22-23H/b21-19+. The number of nitrogens with one attached hydrogen (secondary N) is 1. The number of hydrazone groups is 1. The number of hydrogen-bond donors (Lipinski definition) is 2. The van der Waals surface area contributed by atoms with Gasteiger partial charge in [0.1, 0.15) is 10.6 Å². The number of phenols is 1. The highest BCUT2D eigenvalue weighted by atomic mass is 35.5. The van der Waals surface area contributed by atoms with Gasteiger partial charge in [0.25, 0.3) is 10.0 Å². The Morgan fingerprint density at radius 2 is 1.42 bits per heavy atom. The highest BCUT2D eigenvalue weighted by Crippen LogP contribution is 2.21. The van der Waals surface area contributed by atoms with Crippen LogP contribution in [-0.4, -0.2) is 19.2 Å². The lowest BCUT2D eigenvalue weighted by Gasteiger charge is -2.10. The van der Waals surface area contributed by atoms with Gasteiger partial charge in [-0.05, 0) is 36.4 Å². The molecule has 7 heteroatoms. The van der Waals surface area contributed by atoms with E-state index in [0.717, 1.165) is 5.56 Å². The molecule has 3 rings (SSSR count). The number of sulfonamides is 1. The van der Waals surface area contributed by atoms with Gasteiger partial charge in [-0.2, -0.15) is 18.4 Å². The summed E-state index contributed by atoms with van der Waals surface area (Å²) in [4.78, 5) is 2.19. The fourth-order valence-electron chi connectivity index (χ4n) is 2.33. The molecule has 0 aliphatic heterocycles. The first-order valence-corrected chi connectivity index (χ1v) is 9.52. The number of rotatable bonds is 5. The monoisotopic (exact) mass is 386 g/mol. The molecule has 0 aromatic heterocycles. The quantitative estimate of drug-likeness (QED) is 0.517. The lowest BCUT2D eigenvalue weighted by atomic mass is 10.0. The van der Waals surface area contributed by atoms with E-state index in [9.17, 15) is 13.5 Å². The first-order valence-electron chi connectivity index (χ1n) is 7.66. The number of halogens is 1. The maximum atomic E-state index is 12.5. The van der Waals surface area contributed by atoms with E-state index < -0.39 is 10.0 Å². The Kier molecular flexibility index (Phi) is 5.25. The van der Waals surface area contributed by atoms with Crippen LogP contribution in [0.15, 0.2) is 88.9 Å². The smallest absolute Gasteiger partial charge is 0.278 e. The van der Waals surface area contributed by atoms with Gasteiger partial charge in [0, 0.05) is 11.1 Å². The van der Waals surface area contributed by atoms with Crippen LogP contribution in [-0.2, 0) is 10.0 Å². The Bertz CT molecular complexity index is 1030. The maximum Gasteiger partial charge on any atom is 0.278 e. The molecule has 0 aliphatic rings. The average Bonchev–Trinajstić information content (AvgIpc) is 2.64. The van der Waals surface area contributed by atoms with Gasteiger partial charge in [-0.1, -0.05) is 54.1 Å². The molecule has 0 radical (unpaired) electrons. The first-order chi connectivity index (χ1) is 12.5. The molecule has 26 heavy (non-hydrogen) atoms. The van der Waals surface area contributed by atoms with Gasteiger partial charge in [0.2, 0.25) is 0 Å². The second-order valence-corrected chi connectivity index (χ2v) is 7.43. The lowest BCUT2D eigenvalue weighted by Crippen LogP contribution is -2.21. The predicted molar refractivity (Wildman–Crippen MR) is 102 cm³/mol. The molecule has 0 aliphatic carbocycles. The van der Waals surface area contributed by atoms with Gasteiger partial charge in [-0.25, -0.2) is 0 Å². The summed E-state index contributed by atoms with van der Waals surface area (Å²) in [5.74, 6) is 0.109. The van der Waals surface area contributed by atoms with Crippen molar-refractivity contribution < 1.29 is 13.5 Å². The molecular formula is C19H15ClN2O3S. The van der Waals surface area contributed by atoms with Gasteiger partial charge < -0.3 is 5.11 Å². The Morgan fingerprint density at radius 1 is 0.846 bits per heavy atom. The second kappa shape index (κ2) is 7.59. The zero-order valence-electron chi connectivity index (χ0n) is 13.5. The van der Waals surface area contributed by atoms with Crippen LogP contribution in [0.25, 0.3) is 0 Å². The molecule has 0 heterocycles. The van der Waals surface area contributed by atoms with Crippen molar-refractivity contribution in [2.45, 2.75) is 4.90 Å². The van der Waals surface area contributed by atoms with Crippen molar-refractivity contribution in [3.05, 3.63) is 95.0 Å². The lowest BCUT2D eigenvalue weighted by molar-refractivity contribution is 0.475. The van der Waals surface area contributed by atoms with Crippen LogP contribution < -0.4 is 4.83 Å². The highest BCUT2D eigenvalue weighted by molar-refractivity contribution is 7.89. The van der Waals surface area contributed by atoms with Crippen LogP contribution in [0, 0.1) is 0 Å². The van der Waals surface area contributed by atoms with Gasteiger partial charge in [-0.15, -0.1) is 0 Å². The number of phenolic OH excluding ortho intramolecular Hbond substituents is 1. The molecule has 0 bridgehead atoms. The molecule has 3 aromatic rings. The molecule has 3 aromatic carbocycles. The maximum absolute atomic E-state index is 12.5. The number of benzene rings is 3. The third-order valence-corrected chi connectivity index (χ3v) is 5.30. The molecule has 5 nitrogen and oxygen atoms in total. The summed E-state index contributed by atoms with van der Waals surface area (Å²) in [6.45, 7) is 0. The molecule has 0 amide bonds. The van der Waals surface area contributed by atoms with Gasteiger partial charge in [0.15, 0.2) is 0 Å². The Balaban J connectivity index is 2.02. The topological polar surface area (TPSA) is 78.8 Å². The van der Waals surface area contributed by atoms with E-state index in [2.05, 4.69) is 9.93 Å². The fraction of sp³-hybridized carbons (Fsp3) is 0. The fourth-order valence-corrected chi connectivity index (χ4v) is 3.66. The summed E-state index contributed by atoms with van der Waals surface area (Å²) in [5, 5.41) is 13.7. The van der Waals surface area contributed by atoms with Crippen LogP contribution >= 0.6 is 11.6 Å². The number of nitrogens with zero attached hydrogens (tertiary/aromatic N) is 1. The number of hydrogen-bond acceptors (Lipinski definition) is 4. The third-order valence-electron chi connectivity index (χ3n) is 3.59. The summed E-state index contributed by atoms with van der Waals surface area (Å²) >= 11 is 5.98. The largest absolute Gasteiger partial charge is 0.508 e. The summed E-state index contributed by atoms with van der Waals surface area (Å²) < 4.78 is 25.1. The first kappa shape index (κ1) is 18.0. The Hall–Kier alpha value is -2.83. The predicted octanol–water partition coefficient (Wildman–Crippen LogP) is 3.78. The minimum absolute atomic E-state index is 0.0523. The Morgan fingerprint density at radius 3 is 2.08 bits per heavy atom. The van der Waals surface area contributed by atoms with Gasteiger partial charge in [0.05, 0.1) is 10.7 Å². The van der Waals surface area contributed by atoms with Crippen LogP contribution in [0.3, 0.4) is 0 Å². The molecular weight excluding hydrogens is 372 g/mol. The highest BCUT2D eigenvalue weighted by Gasteiger charge is 2.17. The van der Waals surface area contributed by atoms with E-state index in [1.165, 1.54) is 24.3 Å². The van der Waals surface area contributed by atoms with Crippen LogP contribution in [0.4, 0.5) is 0 Å². The molecule has 0 spiro atoms. The molecule has 0 saturated heterocycles. The summed E-state index contributed by atoms with van der Waals surface area (Å²) in [7, 11) is -3.93. The van der Waals surface area contributed by atoms with E-state index in [-0.39, 0.29) is 15.7 Å².